The van der Waals surface area contributed by atoms with Gasteiger partial charge < -0.3 is 9.64 Å². The molecule has 2 fully saturated rings. The fraction of sp³-hybridized carbons (Fsp3) is 0.522. The Kier molecular flexibility index (Phi) is 6.71. The Labute approximate surface area is 179 Å². The first kappa shape index (κ1) is 21.3. The minimum Gasteiger partial charge on any atom is -0.376 e. The molecule has 2 heterocycles. The molecule has 0 unspecified atom stereocenters. The van der Waals surface area contributed by atoms with Gasteiger partial charge in [-0.05, 0) is 55.7 Å². The molecular formula is C23H31N3O3S. The fourth-order valence-corrected chi connectivity index (χ4v) is 5.68. The van der Waals surface area contributed by atoms with Crippen LogP contribution in [0.25, 0.3) is 0 Å². The van der Waals surface area contributed by atoms with Gasteiger partial charge in [0.15, 0.2) is 0 Å². The Morgan fingerprint density at radius 3 is 2.40 bits per heavy atom. The summed E-state index contributed by atoms with van der Waals surface area (Å²) in [6, 6.07) is 14.5. The highest BCUT2D eigenvalue weighted by Crippen LogP contribution is 2.34. The Morgan fingerprint density at radius 1 is 1.03 bits per heavy atom. The zero-order valence-corrected chi connectivity index (χ0v) is 18.3. The monoisotopic (exact) mass is 429 g/mol. The second-order valence-electron chi connectivity index (χ2n) is 8.47. The summed E-state index contributed by atoms with van der Waals surface area (Å²) in [5.41, 5.74) is 2.48. The van der Waals surface area contributed by atoms with E-state index in [0.717, 1.165) is 44.3 Å². The van der Waals surface area contributed by atoms with Gasteiger partial charge in [-0.3, -0.25) is 4.98 Å². The van der Waals surface area contributed by atoms with Crippen LogP contribution in [0.3, 0.4) is 0 Å². The molecule has 1 aromatic heterocycles. The average Bonchev–Trinajstić information content (AvgIpc) is 3.14. The molecule has 1 aliphatic heterocycles. The van der Waals surface area contributed by atoms with Crippen molar-refractivity contribution in [3.8, 4) is 0 Å². The maximum Gasteiger partial charge on any atom is 0.209 e. The number of rotatable bonds is 7. The van der Waals surface area contributed by atoms with E-state index in [1.54, 1.807) is 12.4 Å². The summed E-state index contributed by atoms with van der Waals surface area (Å²) in [4.78, 5) is 6.35. The molecule has 0 bridgehead atoms. The lowest BCUT2D eigenvalue weighted by Crippen LogP contribution is -2.48. The van der Waals surface area contributed by atoms with E-state index in [1.807, 2.05) is 12.1 Å². The first-order valence-electron chi connectivity index (χ1n) is 10.8. The summed E-state index contributed by atoms with van der Waals surface area (Å²) < 4.78 is 32.9. The molecule has 0 spiro atoms. The van der Waals surface area contributed by atoms with Crippen LogP contribution in [-0.2, 0) is 14.8 Å². The molecule has 7 heteroatoms. The summed E-state index contributed by atoms with van der Waals surface area (Å²) in [6.45, 7) is 1.32. The van der Waals surface area contributed by atoms with Gasteiger partial charge in [-0.1, -0.05) is 30.3 Å². The molecule has 1 saturated carbocycles. The van der Waals surface area contributed by atoms with Crippen LogP contribution in [0, 0.1) is 0 Å². The topological polar surface area (TPSA) is 71.5 Å². The van der Waals surface area contributed by atoms with Crippen LogP contribution in [0.1, 0.15) is 43.6 Å². The molecular weight excluding hydrogens is 398 g/mol. The van der Waals surface area contributed by atoms with Crippen LogP contribution in [-0.4, -0.2) is 51.0 Å². The molecule has 4 rings (SSSR count). The highest BCUT2D eigenvalue weighted by molar-refractivity contribution is 7.88. The lowest BCUT2D eigenvalue weighted by atomic mass is 9.83. The molecule has 30 heavy (non-hydrogen) atoms. The van der Waals surface area contributed by atoms with Crippen molar-refractivity contribution in [2.75, 3.05) is 24.3 Å². The Balaban J connectivity index is 1.37. The third-order valence-corrected chi connectivity index (χ3v) is 7.08. The van der Waals surface area contributed by atoms with Crippen molar-refractivity contribution in [2.45, 2.75) is 56.2 Å². The third-order valence-electron chi connectivity index (χ3n) is 6.35. The number of ether oxygens (including phenoxy) is 1. The molecule has 162 valence electrons. The highest BCUT2D eigenvalue weighted by atomic mass is 32.2. The molecule has 1 aromatic carbocycles. The summed E-state index contributed by atoms with van der Waals surface area (Å²) in [5, 5.41) is 0. The first-order chi connectivity index (χ1) is 14.5. The lowest BCUT2D eigenvalue weighted by Gasteiger charge is -2.33. The average molecular weight is 430 g/mol. The molecule has 2 aromatic rings. The van der Waals surface area contributed by atoms with Gasteiger partial charge in [0.05, 0.1) is 25.0 Å². The van der Waals surface area contributed by atoms with Gasteiger partial charge >= 0.3 is 0 Å². The number of aromatic nitrogens is 1. The minimum atomic E-state index is -3.27. The fourth-order valence-electron chi connectivity index (χ4n) is 4.85. The predicted molar refractivity (Wildman–Crippen MR) is 119 cm³/mol. The van der Waals surface area contributed by atoms with E-state index >= 15 is 0 Å². The van der Waals surface area contributed by atoms with Crippen molar-refractivity contribution in [1.29, 1.82) is 0 Å². The van der Waals surface area contributed by atoms with Crippen LogP contribution >= 0.6 is 0 Å². The lowest BCUT2D eigenvalue weighted by molar-refractivity contribution is 0.0157. The van der Waals surface area contributed by atoms with Crippen molar-refractivity contribution < 1.29 is 13.2 Å². The number of hydrogen-bond donors (Lipinski definition) is 1. The van der Waals surface area contributed by atoms with E-state index in [9.17, 15) is 8.42 Å². The number of hydrogen-bond acceptors (Lipinski definition) is 5. The largest absolute Gasteiger partial charge is 0.376 e. The number of pyridine rings is 1. The van der Waals surface area contributed by atoms with Gasteiger partial charge in [0, 0.05) is 30.7 Å². The number of nitrogens with one attached hydrogen (secondary N) is 1. The number of sulfonamides is 1. The van der Waals surface area contributed by atoms with Gasteiger partial charge in [0.25, 0.3) is 0 Å². The Hall–Kier alpha value is -1.96. The minimum absolute atomic E-state index is 0.0195. The van der Waals surface area contributed by atoms with Crippen LogP contribution in [0.5, 0.6) is 0 Å². The Bertz CT molecular complexity index is 900. The van der Waals surface area contributed by atoms with Gasteiger partial charge in [0.2, 0.25) is 10.0 Å². The number of benzene rings is 1. The van der Waals surface area contributed by atoms with E-state index < -0.39 is 10.0 Å². The maximum atomic E-state index is 11.9. The van der Waals surface area contributed by atoms with Crippen molar-refractivity contribution in [1.82, 2.24) is 9.71 Å². The van der Waals surface area contributed by atoms with Gasteiger partial charge in [-0.15, -0.1) is 0 Å². The molecule has 0 radical (unpaired) electrons. The molecule has 1 aliphatic carbocycles. The number of nitrogens with zero attached hydrogens (tertiary/aromatic N) is 2. The van der Waals surface area contributed by atoms with Crippen molar-refractivity contribution in [3.63, 3.8) is 0 Å². The Morgan fingerprint density at radius 2 is 1.73 bits per heavy atom. The van der Waals surface area contributed by atoms with Crippen molar-refractivity contribution in [3.05, 3.63) is 60.4 Å². The predicted octanol–water partition coefficient (Wildman–Crippen LogP) is 3.32. The van der Waals surface area contributed by atoms with Crippen molar-refractivity contribution >= 4 is 15.7 Å². The summed E-state index contributed by atoms with van der Waals surface area (Å²) in [7, 11) is -3.27. The smallest absolute Gasteiger partial charge is 0.209 e. The summed E-state index contributed by atoms with van der Waals surface area (Å²) in [6.07, 6.45) is 10.2. The van der Waals surface area contributed by atoms with Crippen LogP contribution in [0.4, 0.5) is 5.69 Å². The normalized spacial score (nSPS) is 27.3. The first-order valence-corrected chi connectivity index (χ1v) is 12.7. The second-order valence-corrected chi connectivity index (χ2v) is 10.2. The van der Waals surface area contributed by atoms with Gasteiger partial charge in [-0.2, -0.15) is 0 Å². The summed E-state index contributed by atoms with van der Waals surface area (Å²) >= 11 is 0. The van der Waals surface area contributed by atoms with Gasteiger partial charge in [0.1, 0.15) is 0 Å². The number of anilines is 1. The zero-order valence-electron chi connectivity index (χ0n) is 17.5. The SMILES string of the molecule is CS(=O)(=O)N[C@H]1CCN(c2ccncc2)[C@H]1CO[C@H]1CC[C@@H](c2ccccc2)CC1. The van der Waals surface area contributed by atoms with E-state index in [-0.39, 0.29) is 18.2 Å². The van der Waals surface area contributed by atoms with Crippen LogP contribution in [0.2, 0.25) is 0 Å². The summed E-state index contributed by atoms with van der Waals surface area (Å²) in [5.74, 6) is 0.616. The zero-order chi connectivity index (χ0) is 21.0. The highest BCUT2D eigenvalue weighted by Gasteiger charge is 2.37. The van der Waals surface area contributed by atoms with E-state index in [1.165, 1.54) is 11.8 Å². The standard InChI is InChI=1S/C23H31N3O3S/c1-30(27,28)25-22-13-16-26(20-11-14-24-15-12-20)23(22)17-29-21-9-7-19(8-10-21)18-5-3-2-4-6-18/h2-6,11-12,14-15,19,21-23,25H,7-10,13,16-17H2,1H3/t19-,21+,22-,23-/m0/s1. The molecule has 1 N–H and O–H groups in total. The van der Waals surface area contributed by atoms with E-state index in [0.29, 0.717) is 12.5 Å². The van der Waals surface area contributed by atoms with E-state index in [2.05, 4.69) is 44.9 Å². The van der Waals surface area contributed by atoms with Crippen molar-refractivity contribution in [2.24, 2.45) is 0 Å². The van der Waals surface area contributed by atoms with E-state index in [4.69, 9.17) is 4.74 Å². The van der Waals surface area contributed by atoms with Crippen LogP contribution in [0.15, 0.2) is 54.9 Å². The molecule has 6 nitrogen and oxygen atoms in total. The maximum absolute atomic E-state index is 11.9. The van der Waals surface area contributed by atoms with Gasteiger partial charge in [-0.25, -0.2) is 13.1 Å². The third kappa shape index (κ3) is 5.39. The molecule has 0 amide bonds. The van der Waals surface area contributed by atoms with Crippen LogP contribution < -0.4 is 9.62 Å². The second kappa shape index (κ2) is 9.45. The quantitative estimate of drug-likeness (QED) is 0.731. The molecule has 1 saturated heterocycles. The molecule has 2 aliphatic rings. The molecule has 2 atom stereocenters.